The van der Waals surface area contributed by atoms with Gasteiger partial charge in [0.1, 0.15) is 5.82 Å². The highest BCUT2D eigenvalue weighted by molar-refractivity contribution is 5.66. The molecule has 3 aromatic rings. The molecule has 0 spiro atoms. The van der Waals surface area contributed by atoms with E-state index in [9.17, 15) is 4.39 Å². The highest BCUT2D eigenvalue weighted by atomic mass is 19.1. The van der Waals surface area contributed by atoms with Crippen molar-refractivity contribution in [3.8, 4) is 22.8 Å². The summed E-state index contributed by atoms with van der Waals surface area (Å²) in [4.78, 5) is 0. The van der Waals surface area contributed by atoms with E-state index in [-0.39, 0.29) is 5.82 Å². The van der Waals surface area contributed by atoms with E-state index in [1.807, 2.05) is 36.1 Å². The molecule has 4 rings (SSSR count). The normalized spacial score (nSPS) is 13.4. The number of halogens is 1. The number of hydrogen-bond acceptors (Lipinski definition) is 4. The van der Waals surface area contributed by atoms with E-state index in [4.69, 9.17) is 9.47 Å². The zero-order valence-corrected chi connectivity index (χ0v) is 15.2. The molecule has 0 atom stereocenters. The summed E-state index contributed by atoms with van der Waals surface area (Å²) in [6.07, 6.45) is 2.89. The molecule has 0 saturated heterocycles. The van der Waals surface area contributed by atoms with Gasteiger partial charge in [0, 0.05) is 43.9 Å². The number of hydrogen-bond donors (Lipinski definition) is 1. The number of benzene rings is 2. The fourth-order valence-electron chi connectivity index (χ4n) is 3.16. The van der Waals surface area contributed by atoms with Gasteiger partial charge in [-0.25, -0.2) is 4.39 Å². The molecule has 0 aliphatic carbocycles. The zero-order valence-electron chi connectivity index (χ0n) is 15.2. The van der Waals surface area contributed by atoms with Gasteiger partial charge in [0.05, 0.1) is 18.9 Å². The molecule has 5 nitrogen and oxygen atoms in total. The zero-order chi connectivity index (χ0) is 18.6. The van der Waals surface area contributed by atoms with Crippen molar-refractivity contribution in [3.05, 3.63) is 65.6 Å². The van der Waals surface area contributed by atoms with Crippen molar-refractivity contribution in [2.45, 2.75) is 19.5 Å². The Labute approximate surface area is 157 Å². The van der Waals surface area contributed by atoms with Gasteiger partial charge in [0.15, 0.2) is 11.5 Å². The molecule has 140 valence electrons. The Bertz CT molecular complexity index is 922. The lowest BCUT2D eigenvalue weighted by molar-refractivity contribution is 0.297. The molecule has 1 aliphatic rings. The summed E-state index contributed by atoms with van der Waals surface area (Å²) in [5.74, 6) is 1.33. The Morgan fingerprint density at radius 1 is 1.04 bits per heavy atom. The fraction of sp³-hybridized carbons (Fsp3) is 0.286. The van der Waals surface area contributed by atoms with Crippen LogP contribution in [0.25, 0.3) is 11.3 Å². The summed E-state index contributed by atoms with van der Waals surface area (Å²) < 4.78 is 26.3. The molecular formula is C21H22FN3O2. The predicted octanol–water partition coefficient (Wildman–Crippen LogP) is 3.68. The van der Waals surface area contributed by atoms with Gasteiger partial charge in [-0.15, -0.1) is 0 Å². The Morgan fingerprint density at radius 3 is 2.63 bits per heavy atom. The van der Waals surface area contributed by atoms with Gasteiger partial charge < -0.3 is 14.8 Å². The first-order chi connectivity index (χ1) is 13.2. The van der Waals surface area contributed by atoms with Crippen molar-refractivity contribution in [2.75, 3.05) is 13.2 Å². The van der Waals surface area contributed by atoms with Crippen LogP contribution in [0.15, 0.2) is 48.7 Å². The second-order valence-electron chi connectivity index (χ2n) is 6.62. The molecule has 0 amide bonds. The third-order valence-corrected chi connectivity index (χ3v) is 4.48. The molecule has 27 heavy (non-hydrogen) atoms. The second kappa shape index (κ2) is 7.80. The van der Waals surface area contributed by atoms with E-state index < -0.39 is 0 Å². The fourth-order valence-corrected chi connectivity index (χ4v) is 3.16. The highest BCUT2D eigenvalue weighted by Gasteiger charge is 2.15. The first-order valence-corrected chi connectivity index (χ1v) is 9.07. The maximum atomic E-state index is 13.0. The number of rotatable bonds is 5. The number of aryl methyl sites for hydroxylation is 1. The Hall–Kier alpha value is -2.86. The van der Waals surface area contributed by atoms with Crippen LogP contribution in [0.1, 0.15) is 17.5 Å². The number of nitrogens with one attached hydrogen (secondary N) is 1. The molecule has 0 unspecified atom stereocenters. The van der Waals surface area contributed by atoms with Crippen LogP contribution in [0.5, 0.6) is 11.5 Å². The van der Waals surface area contributed by atoms with Crippen molar-refractivity contribution in [2.24, 2.45) is 7.05 Å². The standard InChI is InChI=1S/C21H22FN3O2/c1-25-14-17(13-23-12-15-3-6-18(22)7-4-15)21(24-25)16-5-8-19-20(11-16)27-10-2-9-26-19/h3-8,11,14,23H,2,9-10,12-13H2,1H3. The first-order valence-electron chi connectivity index (χ1n) is 9.07. The van der Waals surface area contributed by atoms with E-state index in [0.29, 0.717) is 26.3 Å². The lowest BCUT2D eigenvalue weighted by Crippen LogP contribution is -2.12. The van der Waals surface area contributed by atoms with Crippen LogP contribution in [-0.2, 0) is 20.1 Å². The summed E-state index contributed by atoms with van der Waals surface area (Å²) in [6, 6.07) is 12.5. The largest absolute Gasteiger partial charge is 0.490 e. The molecule has 6 heteroatoms. The van der Waals surface area contributed by atoms with Gasteiger partial charge in [-0.2, -0.15) is 5.10 Å². The summed E-state index contributed by atoms with van der Waals surface area (Å²) in [7, 11) is 1.91. The van der Waals surface area contributed by atoms with Gasteiger partial charge in [-0.3, -0.25) is 4.68 Å². The number of aromatic nitrogens is 2. The molecule has 0 radical (unpaired) electrons. The SMILES string of the molecule is Cn1cc(CNCc2ccc(F)cc2)c(-c2ccc3c(c2)OCCCO3)n1. The lowest BCUT2D eigenvalue weighted by Gasteiger charge is -2.10. The van der Waals surface area contributed by atoms with E-state index in [1.165, 1.54) is 12.1 Å². The van der Waals surface area contributed by atoms with Crippen LogP contribution in [0.2, 0.25) is 0 Å². The van der Waals surface area contributed by atoms with Gasteiger partial charge in [-0.05, 0) is 35.9 Å². The van der Waals surface area contributed by atoms with Crippen LogP contribution in [0.3, 0.4) is 0 Å². The summed E-state index contributed by atoms with van der Waals surface area (Å²) in [6.45, 7) is 2.66. The maximum absolute atomic E-state index is 13.0. The molecule has 0 saturated carbocycles. The molecule has 1 aromatic heterocycles. The smallest absolute Gasteiger partial charge is 0.161 e. The molecule has 0 fully saturated rings. The Kier molecular flexibility index (Phi) is 5.07. The van der Waals surface area contributed by atoms with Crippen LogP contribution in [0.4, 0.5) is 4.39 Å². The monoisotopic (exact) mass is 367 g/mol. The van der Waals surface area contributed by atoms with Crippen molar-refractivity contribution >= 4 is 0 Å². The molecule has 2 aromatic carbocycles. The highest BCUT2D eigenvalue weighted by Crippen LogP contribution is 2.34. The summed E-state index contributed by atoms with van der Waals surface area (Å²) in [5.41, 5.74) is 4.05. The van der Waals surface area contributed by atoms with Crippen molar-refractivity contribution < 1.29 is 13.9 Å². The van der Waals surface area contributed by atoms with Crippen molar-refractivity contribution in [1.82, 2.24) is 15.1 Å². The predicted molar refractivity (Wildman–Crippen MR) is 101 cm³/mol. The number of nitrogens with zero attached hydrogens (tertiary/aromatic N) is 2. The second-order valence-corrected chi connectivity index (χ2v) is 6.62. The van der Waals surface area contributed by atoms with E-state index >= 15 is 0 Å². The van der Waals surface area contributed by atoms with Crippen molar-refractivity contribution in [1.29, 1.82) is 0 Å². The van der Waals surface area contributed by atoms with E-state index in [2.05, 4.69) is 10.4 Å². The first kappa shape index (κ1) is 17.5. The third-order valence-electron chi connectivity index (χ3n) is 4.48. The quantitative estimate of drug-likeness (QED) is 0.747. The van der Waals surface area contributed by atoms with Crippen LogP contribution in [-0.4, -0.2) is 23.0 Å². The van der Waals surface area contributed by atoms with Crippen LogP contribution < -0.4 is 14.8 Å². The molecular weight excluding hydrogens is 345 g/mol. The molecule has 1 N–H and O–H groups in total. The minimum Gasteiger partial charge on any atom is -0.490 e. The van der Waals surface area contributed by atoms with Gasteiger partial charge in [0.25, 0.3) is 0 Å². The van der Waals surface area contributed by atoms with Gasteiger partial charge in [0.2, 0.25) is 0 Å². The van der Waals surface area contributed by atoms with Gasteiger partial charge in [-0.1, -0.05) is 12.1 Å². The third kappa shape index (κ3) is 4.11. The van der Waals surface area contributed by atoms with Crippen molar-refractivity contribution in [3.63, 3.8) is 0 Å². The Balaban J connectivity index is 1.51. The minimum absolute atomic E-state index is 0.220. The average molecular weight is 367 g/mol. The Morgan fingerprint density at radius 2 is 1.81 bits per heavy atom. The van der Waals surface area contributed by atoms with Crippen LogP contribution in [0, 0.1) is 5.82 Å². The van der Waals surface area contributed by atoms with Gasteiger partial charge >= 0.3 is 0 Å². The molecule has 1 aliphatic heterocycles. The number of fused-ring (bicyclic) bond motifs is 1. The summed E-state index contributed by atoms with van der Waals surface area (Å²) >= 11 is 0. The maximum Gasteiger partial charge on any atom is 0.161 e. The molecule has 0 bridgehead atoms. The summed E-state index contributed by atoms with van der Waals surface area (Å²) in [5, 5.41) is 8.02. The topological polar surface area (TPSA) is 48.3 Å². The minimum atomic E-state index is -0.220. The van der Waals surface area contributed by atoms with E-state index in [0.717, 1.165) is 40.3 Å². The average Bonchev–Trinajstić information content (AvgIpc) is 2.89. The van der Waals surface area contributed by atoms with Crippen LogP contribution >= 0.6 is 0 Å². The number of ether oxygens (including phenoxy) is 2. The van der Waals surface area contributed by atoms with E-state index in [1.54, 1.807) is 12.1 Å². The lowest BCUT2D eigenvalue weighted by atomic mass is 10.1. The molecule has 2 heterocycles.